The molecule has 0 spiro atoms. The van der Waals surface area contributed by atoms with E-state index in [0.717, 1.165) is 0 Å². The summed E-state index contributed by atoms with van der Waals surface area (Å²) < 4.78 is 4.62. The van der Waals surface area contributed by atoms with Crippen LogP contribution >= 0.6 is 0 Å². The molecule has 0 radical (unpaired) electrons. The second-order valence-electron chi connectivity index (χ2n) is 5.54. The Balaban J connectivity index is 0.00000192. The smallest absolute Gasteiger partial charge is 1.00 e. The van der Waals surface area contributed by atoms with Crippen molar-refractivity contribution in [2.75, 3.05) is 0 Å². The largest absolute Gasteiger partial charge is 1.00 e. The van der Waals surface area contributed by atoms with Gasteiger partial charge in [-0.05, 0) is 0 Å². The molecular formula is C21H22AsI. The Morgan fingerprint density at radius 1 is 0.565 bits per heavy atom. The van der Waals surface area contributed by atoms with Crippen molar-refractivity contribution >= 4 is 26.6 Å². The fourth-order valence-corrected chi connectivity index (χ4v) is 12.4. The van der Waals surface area contributed by atoms with Crippen LogP contribution in [0.5, 0.6) is 0 Å². The summed E-state index contributed by atoms with van der Waals surface area (Å²) in [5.41, 5.74) is 0. The van der Waals surface area contributed by atoms with Crippen LogP contribution in [0.1, 0.15) is 13.3 Å². The van der Waals surface area contributed by atoms with Crippen molar-refractivity contribution < 1.29 is 24.0 Å². The van der Waals surface area contributed by atoms with Crippen LogP contribution in [0.15, 0.2) is 91.0 Å². The van der Waals surface area contributed by atoms with E-state index in [0.29, 0.717) is 0 Å². The van der Waals surface area contributed by atoms with Crippen molar-refractivity contribution in [2.45, 2.75) is 18.6 Å². The van der Waals surface area contributed by atoms with Crippen molar-refractivity contribution in [2.24, 2.45) is 0 Å². The van der Waals surface area contributed by atoms with E-state index in [1.165, 1.54) is 11.6 Å². The van der Waals surface area contributed by atoms with Gasteiger partial charge in [-0.3, -0.25) is 0 Å². The molecule has 0 N–H and O–H groups in total. The molecule has 0 fully saturated rings. The molecule has 3 rings (SSSR count). The number of rotatable bonds is 5. The zero-order valence-electron chi connectivity index (χ0n) is 13.4. The van der Waals surface area contributed by atoms with Crippen LogP contribution in [0.3, 0.4) is 0 Å². The van der Waals surface area contributed by atoms with E-state index in [-0.39, 0.29) is 24.0 Å². The summed E-state index contributed by atoms with van der Waals surface area (Å²) in [7, 11) is 0. The number of hydrogen-bond acceptors (Lipinski definition) is 0. The molecule has 118 valence electrons. The first-order valence-corrected chi connectivity index (χ1v) is 12.1. The van der Waals surface area contributed by atoms with Crippen molar-refractivity contribution in [1.82, 2.24) is 0 Å². The minimum Gasteiger partial charge on any atom is -1.00 e. The van der Waals surface area contributed by atoms with E-state index >= 15 is 0 Å². The number of benzene rings is 3. The molecule has 3 aromatic rings. The van der Waals surface area contributed by atoms with Gasteiger partial charge in [0.15, 0.2) is 0 Å². The molecule has 3 aromatic carbocycles. The first-order valence-electron chi connectivity index (χ1n) is 7.93. The summed E-state index contributed by atoms with van der Waals surface area (Å²) in [4.78, 5) is 0. The quantitative estimate of drug-likeness (QED) is 0.374. The average Bonchev–Trinajstić information content (AvgIpc) is 2.62. The van der Waals surface area contributed by atoms with Crippen LogP contribution in [-0.4, -0.2) is 13.6 Å². The van der Waals surface area contributed by atoms with Gasteiger partial charge in [0.05, 0.1) is 0 Å². The van der Waals surface area contributed by atoms with Gasteiger partial charge in [0.2, 0.25) is 0 Å². The van der Waals surface area contributed by atoms with Crippen LogP contribution < -0.4 is 37.0 Å². The van der Waals surface area contributed by atoms with Crippen molar-refractivity contribution in [1.29, 1.82) is 0 Å². The number of hydrogen-bond donors (Lipinski definition) is 0. The van der Waals surface area contributed by atoms with E-state index in [4.69, 9.17) is 0 Å². The normalized spacial score (nSPS) is 10.8. The van der Waals surface area contributed by atoms with Crippen molar-refractivity contribution in [3.8, 4) is 0 Å². The van der Waals surface area contributed by atoms with E-state index < -0.39 is 13.6 Å². The van der Waals surface area contributed by atoms with Crippen LogP contribution in [0.2, 0.25) is 5.21 Å². The minimum atomic E-state index is -2.36. The molecule has 0 aliphatic rings. The molecule has 2 heteroatoms. The van der Waals surface area contributed by atoms with Gasteiger partial charge < -0.3 is 24.0 Å². The maximum atomic E-state index is 2.34. The van der Waals surface area contributed by atoms with Crippen molar-refractivity contribution in [3.63, 3.8) is 0 Å². The fraction of sp³-hybridized carbons (Fsp3) is 0.143. The summed E-state index contributed by atoms with van der Waals surface area (Å²) in [6, 6.07) is 33.5. The molecule has 0 aliphatic heterocycles. The maximum absolute atomic E-state index is 2.36. The second-order valence-corrected chi connectivity index (χ2v) is 13.1. The molecule has 0 saturated carbocycles. The average molecular weight is 476 g/mol. The second kappa shape index (κ2) is 8.70. The van der Waals surface area contributed by atoms with Crippen LogP contribution in [0, 0.1) is 0 Å². The van der Waals surface area contributed by atoms with Crippen LogP contribution in [0.4, 0.5) is 0 Å². The summed E-state index contributed by atoms with van der Waals surface area (Å²) in [6.07, 6.45) is 1.21. The van der Waals surface area contributed by atoms with Gasteiger partial charge in [-0.1, -0.05) is 0 Å². The monoisotopic (exact) mass is 476 g/mol. The van der Waals surface area contributed by atoms with Gasteiger partial charge in [0.1, 0.15) is 0 Å². The van der Waals surface area contributed by atoms with Gasteiger partial charge in [0.25, 0.3) is 0 Å². The van der Waals surface area contributed by atoms with Gasteiger partial charge in [-0.25, -0.2) is 0 Å². The molecule has 0 aromatic heterocycles. The van der Waals surface area contributed by atoms with Crippen molar-refractivity contribution in [3.05, 3.63) is 91.0 Å². The maximum Gasteiger partial charge on any atom is -1.00 e. The predicted octanol–water partition coefficient (Wildman–Crippen LogP) is 0.571. The third kappa shape index (κ3) is 3.72. The Bertz CT molecular complexity index is 599. The molecule has 0 atom stereocenters. The SMILES string of the molecule is CCC[As+](c1ccccc1)(c1ccccc1)c1ccccc1.[I-]. The van der Waals surface area contributed by atoms with Gasteiger partial charge >= 0.3 is 136 Å². The van der Waals surface area contributed by atoms with Gasteiger partial charge in [-0.15, -0.1) is 0 Å². The summed E-state index contributed by atoms with van der Waals surface area (Å²) in [5, 5.41) is 1.27. The first kappa shape index (κ1) is 18.3. The third-order valence-corrected chi connectivity index (χ3v) is 13.9. The zero-order valence-corrected chi connectivity index (χ0v) is 17.4. The molecule has 0 unspecified atom stereocenters. The summed E-state index contributed by atoms with van der Waals surface area (Å²) >= 11 is -2.36. The minimum absolute atomic E-state index is 0. The van der Waals surface area contributed by atoms with Gasteiger partial charge in [-0.2, -0.15) is 0 Å². The molecule has 0 saturated heterocycles. The molecular weight excluding hydrogens is 454 g/mol. The first-order chi connectivity index (χ1) is 10.9. The van der Waals surface area contributed by atoms with E-state index in [9.17, 15) is 0 Å². The Morgan fingerprint density at radius 2 is 0.870 bits per heavy atom. The Labute approximate surface area is 159 Å². The van der Waals surface area contributed by atoms with E-state index in [1.807, 2.05) is 0 Å². The number of halogens is 1. The Kier molecular flexibility index (Phi) is 6.92. The van der Waals surface area contributed by atoms with Crippen LogP contribution in [0.25, 0.3) is 0 Å². The molecule has 0 bridgehead atoms. The molecule has 0 aliphatic carbocycles. The standard InChI is InChI=1S/C21H22As.HI/c1-2-18-22(19-12-6-3-7-13-19,20-14-8-4-9-15-20)21-16-10-5-11-17-21;/h3-17H,2,18H2,1H3;1H/q+1;/p-1. The summed E-state index contributed by atoms with van der Waals surface area (Å²) in [5.74, 6) is 0. The molecule has 23 heavy (non-hydrogen) atoms. The van der Waals surface area contributed by atoms with E-state index in [1.54, 1.807) is 13.1 Å². The third-order valence-electron chi connectivity index (χ3n) is 4.15. The van der Waals surface area contributed by atoms with Crippen LogP contribution in [-0.2, 0) is 0 Å². The summed E-state index contributed by atoms with van der Waals surface area (Å²) in [6.45, 7) is 2.31. The predicted molar refractivity (Wildman–Crippen MR) is 99.1 cm³/mol. The molecule has 0 nitrogen and oxygen atoms in total. The van der Waals surface area contributed by atoms with Gasteiger partial charge in [0, 0.05) is 0 Å². The molecule has 0 heterocycles. The zero-order chi connectivity index (χ0) is 15.3. The van der Waals surface area contributed by atoms with E-state index in [2.05, 4.69) is 97.9 Å². The molecule has 0 amide bonds. The Morgan fingerprint density at radius 3 is 1.13 bits per heavy atom. The Hall–Kier alpha value is -1.05. The fourth-order valence-electron chi connectivity index (χ4n) is 3.22. The topological polar surface area (TPSA) is 0 Å².